The average Bonchev–Trinajstić information content (AvgIpc) is 2.60. The predicted octanol–water partition coefficient (Wildman–Crippen LogP) is 2.51. The van der Waals surface area contributed by atoms with Crippen molar-refractivity contribution in [3.63, 3.8) is 0 Å². The zero-order valence-corrected chi connectivity index (χ0v) is 14.9. The molecule has 6 nitrogen and oxygen atoms in total. The molecule has 7 heteroatoms. The third kappa shape index (κ3) is 5.67. The number of carboxylic acids is 1. The molecule has 0 saturated heterocycles. The molecule has 0 amide bonds. The zero-order valence-electron chi connectivity index (χ0n) is 14.1. The van der Waals surface area contributed by atoms with Gasteiger partial charge in [0.05, 0.1) is 20.1 Å². The largest absolute Gasteiger partial charge is 0.606 e. The van der Waals surface area contributed by atoms with Crippen molar-refractivity contribution < 1.29 is 28.7 Å². The van der Waals surface area contributed by atoms with Crippen molar-refractivity contribution >= 4 is 17.1 Å². The Morgan fingerprint density at radius 1 is 1.04 bits per heavy atom. The Morgan fingerprint density at radius 2 is 1.76 bits per heavy atom. The number of methoxy groups -OCH3 is 2. The Bertz CT molecular complexity index is 701. The van der Waals surface area contributed by atoms with Gasteiger partial charge in [-0.05, 0) is 42.0 Å². The summed E-state index contributed by atoms with van der Waals surface area (Å²) in [6.07, 6.45) is -0.172. The summed E-state index contributed by atoms with van der Waals surface area (Å²) >= 11 is -1.46. The summed E-state index contributed by atoms with van der Waals surface area (Å²) in [5.74, 6) is 0.173. The average molecular weight is 364 g/mol. The van der Waals surface area contributed by atoms with Gasteiger partial charge >= 0.3 is 5.97 Å². The van der Waals surface area contributed by atoms with Gasteiger partial charge in [-0.15, -0.1) is 0 Å². The highest BCUT2D eigenvalue weighted by Gasteiger charge is 2.18. The zero-order chi connectivity index (χ0) is 18.2. The van der Waals surface area contributed by atoms with Crippen LogP contribution in [0.2, 0.25) is 0 Å². The molecule has 25 heavy (non-hydrogen) atoms. The van der Waals surface area contributed by atoms with Crippen LogP contribution in [-0.2, 0) is 27.1 Å². The molecular formula is C18H20O6S. The van der Waals surface area contributed by atoms with E-state index in [1.165, 1.54) is 0 Å². The van der Waals surface area contributed by atoms with Gasteiger partial charge in [-0.1, -0.05) is 0 Å². The van der Waals surface area contributed by atoms with E-state index < -0.39 is 17.1 Å². The molecule has 2 aromatic rings. The van der Waals surface area contributed by atoms with E-state index in [4.69, 9.17) is 19.3 Å². The van der Waals surface area contributed by atoms with E-state index in [9.17, 15) is 9.35 Å². The first kappa shape index (κ1) is 19.1. The molecule has 0 aliphatic carbocycles. The molecular weight excluding hydrogens is 344 g/mol. The highest BCUT2D eigenvalue weighted by atomic mass is 32.2. The topological polar surface area (TPSA) is 88.1 Å². The summed E-state index contributed by atoms with van der Waals surface area (Å²) in [6, 6.07) is 11.8. The summed E-state index contributed by atoms with van der Waals surface area (Å²) in [5, 5.41) is 9.03. The molecule has 134 valence electrons. The number of aliphatic carboxylic acids is 1. The van der Waals surface area contributed by atoms with Crippen molar-refractivity contribution in [2.24, 2.45) is 0 Å². The standard InChI is InChI=1S/C18H20O6S/c1-22-7-8-24-15-9-13(11-18(19)20)10-17(12-15)25(21)16-5-3-14(23-2)4-6-16/h3-6,9-10,12H,7-8,11H2,1-2H3,(H,19,20). The maximum absolute atomic E-state index is 12.8. The molecule has 1 unspecified atom stereocenters. The second-order valence-corrected chi connectivity index (χ2v) is 6.65. The molecule has 0 saturated carbocycles. The second-order valence-electron chi connectivity index (χ2n) is 5.17. The number of hydrogen-bond donors (Lipinski definition) is 1. The summed E-state index contributed by atoms with van der Waals surface area (Å²) in [4.78, 5) is 12.1. The minimum absolute atomic E-state index is 0.172. The maximum atomic E-state index is 12.8. The lowest BCUT2D eigenvalue weighted by Gasteiger charge is -2.14. The highest BCUT2D eigenvalue weighted by Crippen LogP contribution is 2.27. The molecule has 0 bridgehead atoms. The molecule has 2 rings (SSSR count). The van der Waals surface area contributed by atoms with E-state index in [1.807, 2.05) is 0 Å². The normalized spacial score (nSPS) is 11.8. The van der Waals surface area contributed by atoms with Gasteiger partial charge in [0.1, 0.15) is 18.1 Å². The number of carbonyl (C=O) groups is 1. The van der Waals surface area contributed by atoms with Crippen molar-refractivity contribution in [2.45, 2.75) is 16.2 Å². The van der Waals surface area contributed by atoms with Crippen LogP contribution in [0.4, 0.5) is 0 Å². The first-order valence-corrected chi connectivity index (χ1v) is 8.72. The smallest absolute Gasteiger partial charge is 0.307 e. The summed E-state index contributed by atoms with van der Waals surface area (Å²) in [6.45, 7) is 0.724. The Morgan fingerprint density at radius 3 is 2.36 bits per heavy atom. The fraction of sp³-hybridized carbons (Fsp3) is 0.278. The van der Waals surface area contributed by atoms with Gasteiger partial charge in [-0.3, -0.25) is 4.79 Å². The SMILES string of the molecule is COCCOc1cc(CC(=O)O)cc([S+]([O-])c2ccc(OC)cc2)c1. The molecule has 0 fully saturated rings. The number of ether oxygens (including phenoxy) is 3. The van der Waals surface area contributed by atoms with Crippen LogP contribution in [0.5, 0.6) is 11.5 Å². The molecule has 0 aromatic heterocycles. The Hall–Kier alpha value is -2.22. The lowest BCUT2D eigenvalue weighted by atomic mass is 10.1. The van der Waals surface area contributed by atoms with Crippen molar-refractivity contribution in [1.29, 1.82) is 0 Å². The second kappa shape index (κ2) is 9.31. The lowest BCUT2D eigenvalue weighted by molar-refractivity contribution is -0.136. The molecule has 0 heterocycles. The van der Waals surface area contributed by atoms with Gasteiger partial charge < -0.3 is 23.9 Å². The number of carboxylic acid groups (broad SMARTS) is 1. The van der Waals surface area contributed by atoms with Gasteiger partial charge in [0.25, 0.3) is 0 Å². The number of benzene rings is 2. The van der Waals surface area contributed by atoms with Crippen molar-refractivity contribution in [3.8, 4) is 11.5 Å². The Balaban J connectivity index is 2.28. The van der Waals surface area contributed by atoms with E-state index in [-0.39, 0.29) is 6.42 Å². The van der Waals surface area contributed by atoms with Crippen LogP contribution in [0.15, 0.2) is 52.3 Å². The van der Waals surface area contributed by atoms with Crippen LogP contribution in [0.25, 0.3) is 0 Å². The van der Waals surface area contributed by atoms with Crippen LogP contribution in [0, 0.1) is 0 Å². The Kier molecular flexibility index (Phi) is 7.12. The number of rotatable bonds is 9. The molecule has 0 radical (unpaired) electrons. The minimum atomic E-state index is -1.46. The predicted molar refractivity (Wildman–Crippen MR) is 92.8 cm³/mol. The van der Waals surface area contributed by atoms with E-state index >= 15 is 0 Å². The van der Waals surface area contributed by atoms with Crippen molar-refractivity contribution in [3.05, 3.63) is 48.0 Å². The monoisotopic (exact) mass is 364 g/mol. The highest BCUT2D eigenvalue weighted by molar-refractivity contribution is 7.91. The fourth-order valence-corrected chi connectivity index (χ4v) is 3.31. The molecule has 1 atom stereocenters. The van der Waals surface area contributed by atoms with Crippen LogP contribution in [-0.4, -0.2) is 43.1 Å². The van der Waals surface area contributed by atoms with E-state index in [2.05, 4.69) is 0 Å². The first-order chi connectivity index (χ1) is 12.0. The van der Waals surface area contributed by atoms with Gasteiger partial charge in [0, 0.05) is 24.4 Å². The van der Waals surface area contributed by atoms with Gasteiger partial charge in [-0.2, -0.15) is 0 Å². The molecule has 0 aliphatic heterocycles. The first-order valence-electron chi connectivity index (χ1n) is 7.57. The van der Waals surface area contributed by atoms with Crippen molar-refractivity contribution in [2.75, 3.05) is 27.4 Å². The quantitative estimate of drug-likeness (QED) is 0.543. The van der Waals surface area contributed by atoms with Crippen molar-refractivity contribution in [1.82, 2.24) is 0 Å². The third-order valence-corrected chi connectivity index (χ3v) is 4.70. The molecule has 0 spiro atoms. The van der Waals surface area contributed by atoms with Crippen LogP contribution < -0.4 is 9.47 Å². The van der Waals surface area contributed by atoms with Crippen LogP contribution in [0.3, 0.4) is 0 Å². The minimum Gasteiger partial charge on any atom is -0.606 e. The van der Waals surface area contributed by atoms with E-state index in [0.29, 0.717) is 40.1 Å². The van der Waals surface area contributed by atoms with Gasteiger partial charge in [-0.25, -0.2) is 0 Å². The molecule has 1 N–H and O–H groups in total. The number of hydrogen-bond acceptors (Lipinski definition) is 5. The van der Waals surface area contributed by atoms with Crippen LogP contribution in [0.1, 0.15) is 5.56 Å². The van der Waals surface area contributed by atoms with Gasteiger partial charge in [0.2, 0.25) is 0 Å². The fourth-order valence-electron chi connectivity index (χ4n) is 2.18. The Labute approximate surface area is 149 Å². The summed E-state index contributed by atoms with van der Waals surface area (Å²) < 4.78 is 28.4. The third-order valence-electron chi connectivity index (χ3n) is 3.34. The molecule has 0 aliphatic rings. The van der Waals surface area contributed by atoms with E-state index in [0.717, 1.165) is 0 Å². The van der Waals surface area contributed by atoms with Gasteiger partial charge in [0.15, 0.2) is 9.79 Å². The maximum Gasteiger partial charge on any atom is 0.307 e. The van der Waals surface area contributed by atoms with E-state index in [1.54, 1.807) is 56.7 Å². The summed E-state index contributed by atoms with van der Waals surface area (Å²) in [5.41, 5.74) is 0.527. The lowest BCUT2D eigenvalue weighted by Crippen LogP contribution is -2.08. The van der Waals surface area contributed by atoms with Crippen LogP contribution >= 0.6 is 0 Å². The molecule has 2 aromatic carbocycles. The summed E-state index contributed by atoms with van der Waals surface area (Å²) in [7, 11) is 3.12.